The average Bonchev–Trinajstić information content (AvgIpc) is 2.51. The number of sulfone groups is 1. The third-order valence-corrected chi connectivity index (χ3v) is 5.76. The van der Waals surface area contributed by atoms with Crippen molar-refractivity contribution in [2.45, 2.75) is 11.3 Å². The lowest BCUT2D eigenvalue weighted by molar-refractivity contribution is -0.809. The van der Waals surface area contributed by atoms with Crippen LogP contribution in [0.2, 0.25) is 0 Å². The first kappa shape index (κ1) is 21.9. The first-order valence-electron chi connectivity index (χ1n) is 7.45. The fraction of sp³-hybridized carbons (Fsp3) is 0.333. The molecule has 1 aromatic carbocycles. The zero-order valence-corrected chi connectivity index (χ0v) is 15.2. The highest BCUT2D eigenvalue weighted by atomic mass is 32.2. The zero-order valence-electron chi connectivity index (χ0n) is 14.4. The number of hydroxylamine groups is 2. The summed E-state index contributed by atoms with van der Waals surface area (Å²) in [5, 5.41) is 19.2. The van der Waals surface area contributed by atoms with E-state index in [9.17, 15) is 18.4 Å². The van der Waals surface area contributed by atoms with Crippen LogP contribution in [0.5, 0.6) is 0 Å². The van der Waals surface area contributed by atoms with Gasteiger partial charge in [-0.2, -0.15) is 4.76 Å². The lowest BCUT2D eigenvalue weighted by atomic mass is 10.2. The fourth-order valence-corrected chi connectivity index (χ4v) is 4.18. The molecule has 3 rings (SSSR count). The van der Waals surface area contributed by atoms with Gasteiger partial charge in [-0.05, 0) is 26.2 Å². The molecule has 0 spiro atoms. The summed E-state index contributed by atoms with van der Waals surface area (Å²) in [7, 11) is -0.141. The molecule has 0 saturated carbocycles. The van der Waals surface area contributed by atoms with Crippen molar-refractivity contribution < 1.29 is 28.9 Å². The quantitative estimate of drug-likeness (QED) is 0.527. The maximum Gasteiger partial charge on any atom is 0.389 e. The van der Waals surface area contributed by atoms with Crippen LogP contribution in [0.3, 0.4) is 0 Å². The minimum Gasteiger partial charge on any atom is -0.597 e. The van der Waals surface area contributed by atoms with E-state index < -0.39 is 20.5 Å². The van der Waals surface area contributed by atoms with Crippen LogP contribution in [-0.4, -0.2) is 68.3 Å². The normalized spacial score (nSPS) is 22.7. The molecule has 1 amide bonds. The molecular formula is C15H22N4O6S. The Labute approximate surface area is 151 Å². The van der Waals surface area contributed by atoms with Crippen molar-refractivity contribution in [3.63, 3.8) is 0 Å². The first-order chi connectivity index (χ1) is 11.3. The summed E-state index contributed by atoms with van der Waals surface area (Å²) in [5.41, 5.74) is 0.0864. The van der Waals surface area contributed by atoms with E-state index in [4.69, 9.17) is 0 Å². The number of rotatable bonds is 4. The Morgan fingerprint density at radius 1 is 1.23 bits per heavy atom. The molecule has 0 aliphatic carbocycles. The molecule has 26 heavy (non-hydrogen) atoms. The highest BCUT2D eigenvalue weighted by molar-refractivity contribution is 7.96. The van der Waals surface area contributed by atoms with Crippen LogP contribution in [0.1, 0.15) is 6.42 Å². The predicted molar refractivity (Wildman–Crippen MR) is 96.7 cm³/mol. The molecule has 1 unspecified atom stereocenters. The van der Waals surface area contributed by atoms with Gasteiger partial charge in [0.1, 0.15) is 17.7 Å². The molecule has 0 radical (unpaired) electrons. The average molecular weight is 386 g/mol. The Kier molecular flexibility index (Phi) is 6.41. The van der Waals surface area contributed by atoms with Crippen LogP contribution in [0.25, 0.3) is 0 Å². The van der Waals surface area contributed by atoms with Crippen molar-refractivity contribution in [1.82, 2.24) is 4.90 Å². The van der Waals surface area contributed by atoms with E-state index in [1.807, 2.05) is 19.0 Å². The number of nitrogens with one attached hydrogen (secondary N) is 1. The summed E-state index contributed by atoms with van der Waals surface area (Å²) in [6, 6.07) is 6.26. The molecule has 0 bridgehead atoms. The second kappa shape index (κ2) is 7.61. The number of carbonyl (C=O) groups excluding carboxylic acids is 1. The van der Waals surface area contributed by atoms with Gasteiger partial charge in [0.25, 0.3) is 0 Å². The van der Waals surface area contributed by atoms with E-state index >= 15 is 0 Å². The van der Waals surface area contributed by atoms with Gasteiger partial charge in [0.2, 0.25) is 9.84 Å². The largest absolute Gasteiger partial charge is 0.597 e. The molecule has 2 aliphatic heterocycles. The lowest BCUT2D eigenvalue weighted by Crippen LogP contribution is -2.49. The van der Waals surface area contributed by atoms with E-state index in [0.717, 1.165) is 6.21 Å². The summed E-state index contributed by atoms with van der Waals surface area (Å²) >= 11 is 0. The van der Waals surface area contributed by atoms with Gasteiger partial charge in [0.15, 0.2) is 5.70 Å². The third-order valence-electron chi connectivity index (χ3n) is 3.93. The van der Waals surface area contributed by atoms with Gasteiger partial charge in [-0.25, -0.2) is 13.2 Å². The predicted octanol–water partition coefficient (Wildman–Crippen LogP) is -0.760. The minimum atomic E-state index is -3.87. The smallest absolute Gasteiger partial charge is 0.389 e. The molecular weight excluding hydrogens is 364 g/mol. The van der Waals surface area contributed by atoms with Gasteiger partial charge < -0.3 is 26.4 Å². The molecule has 2 heterocycles. The van der Waals surface area contributed by atoms with Crippen LogP contribution in [0.4, 0.5) is 5.69 Å². The molecule has 0 aromatic heterocycles. The van der Waals surface area contributed by atoms with E-state index in [2.05, 4.69) is 10.4 Å². The van der Waals surface area contributed by atoms with Crippen LogP contribution >= 0.6 is 0 Å². The fourth-order valence-electron chi connectivity index (χ4n) is 2.68. The van der Waals surface area contributed by atoms with Crippen molar-refractivity contribution in [2.24, 2.45) is 5.10 Å². The number of amides is 1. The Morgan fingerprint density at radius 2 is 1.88 bits per heavy atom. The van der Waals surface area contributed by atoms with Crippen molar-refractivity contribution in [3.8, 4) is 0 Å². The molecule has 0 saturated heterocycles. The standard InChI is InChI=1S/C15H18N4O4S.2H2O/c1-18(2)8-5-9-19(21)15(20)14-13(10-16-19)24(22,23)12-7-4-3-6-11(12)17-14;;/h3-4,6-7,10,17H,5,8-9H2,1-2H3;2*1H2. The van der Waals surface area contributed by atoms with Gasteiger partial charge in [-0.1, -0.05) is 17.2 Å². The highest BCUT2D eigenvalue weighted by Crippen LogP contribution is 2.36. The molecule has 144 valence electrons. The second-order valence-electron chi connectivity index (χ2n) is 6.00. The second-order valence-corrected chi connectivity index (χ2v) is 7.88. The topological polar surface area (TPSA) is 165 Å². The van der Waals surface area contributed by atoms with Gasteiger partial charge in [0.05, 0.1) is 10.6 Å². The van der Waals surface area contributed by atoms with Crippen molar-refractivity contribution in [2.75, 3.05) is 32.5 Å². The van der Waals surface area contributed by atoms with Crippen LogP contribution < -0.4 is 5.32 Å². The van der Waals surface area contributed by atoms with Gasteiger partial charge in [-0.3, -0.25) is 0 Å². The first-order valence-corrected chi connectivity index (χ1v) is 8.94. The van der Waals surface area contributed by atoms with Crippen LogP contribution in [-0.2, 0) is 14.6 Å². The lowest BCUT2D eigenvalue weighted by Gasteiger charge is -2.37. The van der Waals surface area contributed by atoms with Gasteiger partial charge >= 0.3 is 5.91 Å². The van der Waals surface area contributed by atoms with Crippen molar-refractivity contribution in [3.05, 3.63) is 40.1 Å². The molecule has 10 nitrogen and oxygen atoms in total. The maximum absolute atomic E-state index is 12.7. The Balaban J connectivity index is 0.00000169. The number of fused-ring (bicyclic) bond motifs is 1. The number of carbonyl (C=O) groups is 1. The van der Waals surface area contributed by atoms with Crippen molar-refractivity contribution in [1.29, 1.82) is 0 Å². The number of para-hydroxylation sites is 1. The number of hydrogen-bond acceptors (Lipinski definition) is 7. The Hall–Kier alpha value is -2.15. The Morgan fingerprint density at radius 3 is 2.54 bits per heavy atom. The number of allylic oxidation sites excluding steroid dienone is 1. The van der Waals surface area contributed by atoms with Crippen LogP contribution in [0.15, 0.2) is 44.9 Å². The molecule has 1 atom stereocenters. The number of nitrogens with zero attached hydrogens (tertiary/aromatic N) is 3. The summed E-state index contributed by atoms with van der Waals surface area (Å²) in [5.74, 6) is -0.885. The summed E-state index contributed by atoms with van der Waals surface area (Å²) in [4.78, 5) is 14.3. The molecule has 2 aliphatic rings. The monoisotopic (exact) mass is 386 g/mol. The van der Waals surface area contributed by atoms with Crippen molar-refractivity contribution >= 4 is 27.6 Å². The number of anilines is 1. The maximum atomic E-state index is 12.7. The number of quaternary nitrogens is 1. The molecule has 0 fully saturated rings. The molecule has 11 heteroatoms. The summed E-state index contributed by atoms with van der Waals surface area (Å²) in [6.07, 6.45) is 1.46. The minimum absolute atomic E-state index is 0. The summed E-state index contributed by atoms with van der Waals surface area (Å²) < 4.78 is 23.8. The number of benzene rings is 1. The van der Waals surface area contributed by atoms with E-state index in [0.29, 0.717) is 18.7 Å². The summed E-state index contributed by atoms with van der Waals surface area (Å²) in [6.45, 7) is 0.583. The van der Waals surface area contributed by atoms with E-state index in [1.54, 1.807) is 18.2 Å². The Bertz CT molecular complexity index is 865. The number of hydrogen-bond donors (Lipinski definition) is 1. The van der Waals surface area contributed by atoms with Crippen LogP contribution in [0, 0.1) is 5.21 Å². The molecule has 5 N–H and O–H groups in total. The van der Waals surface area contributed by atoms with E-state index in [1.165, 1.54) is 6.07 Å². The highest BCUT2D eigenvalue weighted by Gasteiger charge is 2.44. The zero-order chi connectivity index (χ0) is 17.5. The van der Waals surface area contributed by atoms with Gasteiger partial charge in [0, 0.05) is 13.0 Å². The van der Waals surface area contributed by atoms with E-state index in [-0.39, 0.29) is 33.0 Å². The molecule has 1 aromatic rings. The van der Waals surface area contributed by atoms with Gasteiger partial charge in [-0.15, -0.1) is 0 Å². The SMILES string of the molecule is CN(C)CCC[N+]1([O-])N=CC2=C(Nc3ccccc3S2(=O)=O)C1=O.O.O. The third kappa shape index (κ3) is 3.53.